The third-order valence-electron chi connectivity index (χ3n) is 5.66. The summed E-state index contributed by atoms with van der Waals surface area (Å²) in [6.45, 7) is 4.89. The zero-order chi connectivity index (χ0) is 17.4. The van der Waals surface area contributed by atoms with Gasteiger partial charge in [-0.3, -0.25) is 9.69 Å². The molecule has 4 rings (SSSR count). The van der Waals surface area contributed by atoms with Gasteiger partial charge in [0.1, 0.15) is 0 Å². The Morgan fingerprint density at radius 2 is 1.81 bits per heavy atom. The summed E-state index contributed by atoms with van der Waals surface area (Å²) in [7, 11) is 0. The Labute approximate surface area is 164 Å². The number of hydrogen-bond donors (Lipinski definition) is 2. The fourth-order valence-corrected chi connectivity index (χ4v) is 4.35. The van der Waals surface area contributed by atoms with Crippen LogP contribution in [0.1, 0.15) is 23.2 Å². The summed E-state index contributed by atoms with van der Waals surface area (Å²) in [6.07, 6.45) is 2.07. The molecular formula is C18H24Cl2N4O2. The lowest BCUT2D eigenvalue weighted by Crippen LogP contribution is -2.33. The number of nitrogens with one attached hydrogen (secondary N) is 2. The number of nitrogens with zero attached hydrogens (tertiary/aromatic N) is 2. The lowest BCUT2D eigenvalue weighted by atomic mass is 9.92. The minimum Gasteiger partial charge on any atom is -0.339 e. The van der Waals surface area contributed by atoms with E-state index in [0.717, 1.165) is 44.7 Å². The summed E-state index contributed by atoms with van der Waals surface area (Å²) in [5.74, 6) is 1.32. The van der Waals surface area contributed by atoms with Crippen molar-refractivity contribution in [3.05, 3.63) is 28.8 Å². The van der Waals surface area contributed by atoms with Crippen LogP contribution in [0.15, 0.2) is 18.2 Å². The summed E-state index contributed by atoms with van der Waals surface area (Å²) >= 11 is 6.31. The Bertz CT molecular complexity index is 686. The molecule has 0 unspecified atom stereocenters. The smallest absolute Gasteiger partial charge is 0.321 e. The van der Waals surface area contributed by atoms with Crippen molar-refractivity contribution in [1.82, 2.24) is 15.5 Å². The van der Waals surface area contributed by atoms with E-state index in [1.165, 1.54) is 0 Å². The van der Waals surface area contributed by atoms with E-state index < -0.39 is 0 Å². The number of carbonyl (C=O) groups excluding carboxylic acids is 2. The molecule has 3 amide bonds. The quantitative estimate of drug-likeness (QED) is 0.803. The van der Waals surface area contributed by atoms with Crippen LogP contribution >= 0.6 is 24.0 Å². The molecule has 0 aromatic heterocycles. The molecule has 6 nitrogen and oxygen atoms in total. The molecule has 3 aliphatic heterocycles. The fraction of sp³-hybridized carbons (Fsp3) is 0.556. The zero-order valence-electron chi connectivity index (χ0n) is 14.5. The van der Waals surface area contributed by atoms with Gasteiger partial charge < -0.3 is 15.5 Å². The van der Waals surface area contributed by atoms with Crippen molar-refractivity contribution in [3.63, 3.8) is 0 Å². The molecule has 2 atom stereocenters. The van der Waals surface area contributed by atoms with Gasteiger partial charge in [-0.05, 0) is 56.0 Å². The van der Waals surface area contributed by atoms with Gasteiger partial charge in [0.05, 0.1) is 10.6 Å². The summed E-state index contributed by atoms with van der Waals surface area (Å²) in [5, 5.41) is 6.67. The van der Waals surface area contributed by atoms with Crippen LogP contribution in [0, 0.1) is 11.8 Å². The van der Waals surface area contributed by atoms with Crippen molar-refractivity contribution >= 4 is 41.6 Å². The molecule has 1 aromatic rings. The molecule has 0 bridgehead atoms. The number of hydrogen-bond acceptors (Lipinski definition) is 3. The largest absolute Gasteiger partial charge is 0.339 e. The van der Waals surface area contributed by atoms with Gasteiger partial charge in [0.2, 0.25) is 0 Å². The molecule has 3 saturated heterocycles. The lowest BCUT2D eigenvalue weighted by molar-refractivity contribution is 0.0758. The second kappa shape index (κ2) is 8.03. The molecule has 0 saturated carbocycles. The summed E-state index contributed by atoms with van der Waals surface area (Å²) in [4.78, 5) is 28.5. The predicted octanol–water partition coefficient (Wildman–Crippen LogP) is 2.36. The van der Waals surface area contributed by atoms with E-state index in [2.05, 4.69) is 10.6 Å². The molecule has 2 N–H and O–H groups in total. The van der Waals surface area contributed by atoms with Crippen LogP contribution in [-0.4, -0.2) is 56.1 Å². The Kier molecular flexibility index (Phi) is 5.95. The molecular weight excluding hydrogens is 375 g/mol. The highest BCUT2D eigenvalue weighted by atomic mass is 35.5. The average molecular weight is 399 g/mol. The number of halogens is 2. The van der Waals surface area contributed by atoms with Gasteiger partial charge in [0.15, 0.2) is 0 Å². The van der Waals surface area contributed by atoms with E-state index in [1.807, 2.05) is 4.90 Å². The number of likely N-dealkylation sites (tertiary alicyclic amines) is 1. The highest BCUT2D eigenvalue weighted by Crippen LogP contribution is 2.30. The van der Waals surface area contributed by atoms with Crippen LogP contribution in [0.5, 0.6) is 0 Å². The molecule has 0 spiro atoms. The van der Waals surface area contributed by atoms with Crippen LogP contribution in [0.25, 0.3) is 0 Å². The second-order valence-electron chi connectivity index (χ2n) is 7.10. The van der Waals surface area contributed by atoms with Gasteiger partial charge in [0.25, 0.3) is 5.91 Å². The molecule has 1 aromatic carbocycles. The first kappa shape index (κ1) is 19.3. The minimum absolute atomic E-state index is 0. The van der Waals surface area contributed by atoms with E-state index in [9.17, 15) is 9.59 Å². The maximum Gasteiger partial charge on any atom is 0.321 e. The van der Waals surface area contributed by atoms with Gasteiger partial charge >= 0.3 is 6.03 Å². The number of rotatable bonds is 2. The summed E-state index contributed by atoms with van der Waals surface area (Å²) in [6, 6.07) is 5.13. The van der Waals surface area contributed by atoms with Gasteiger partial charge in [-0.2, -0.15) is 0 Å². The Hall–Kier alpha value is -1.50. The van der Waals surface area contributed by atoms with Crippen LogP contribution in [-0.2, 0) is 0 Å². The molecule has 8 heteroatoms. The highest BCUT2D eigenvalue weighted by molar-refractivity contribution is 6.34. The molecule has 0 radical (unpaired) electrons. The molecule has 3 heterocycles. The molecule has 3 aliphatic rings. The molecule has 3 fully saturated rings. The predicted molar refractivity (Wildman–Crippen MR) is 104 cm³/mol. The van der Waals surface area contributed by atoms with Gasteiger partial charge in [-0.25, -0.2) is 4.79 Å². The monoisotopic (exact) mass is 398 g/mol. The molecule has 26 heavy (non-hydrogen) atoms. The number of anilines is 1. The number of fused-ring (bicyclic) bond motifs is 1. The molecule has 0 aliphatic carbocycles. The third-order valence-corrected chi connectivity index (χ3v) is 5.98. The maximum absolute atomic E-state index is 13.0. The van der Waals surface area contributed by atoms with Crippen LogP contribution in [0.2, 0.25) is 5.02 Å². The summed E-state index contributed by atoms with van der Waals surface area (Å²) in [5.41, 5.74) is 1.21. The van der Waals surface area contributed by atoms with Crippen molar-refractivity contribution in [3.8, 4) is 0 Å². The first-order valence-electron chi connectivity index (χ1n) is 8.98. The van der Waals surface area contributed by atoms with E-state index in [4.69, 9.17) is 11.6 Å². The number of benzene rings is 1. The van der Waals surface area contributed by atoms with Crippen molar-refractivity contribution in [2.75, 3.05) is 44.2 Å². The second-order valence-corrected chi connectivity index (χ2v) is 7.50. The van der Waals surface area contributed by atoms with Crippen molar-refractivity contribution in [1.29, 1.82) is 0 Å². The fourth-order valence-electron chi connectivity index (χ4n) is 4.15. The topological polar surface area (TPSA) is 64.7 Å². The van der Waals surface area contributed by atoms with Crippen molar-refractivity contribution in [2.24, 2.45) is 11.8 Å². The van der Waals surface area contributed by atoms with Crippen LogP contribution in [0.4, 0.5) is 10.5 Å². The first-order chi connectivity index (χ1) is 12.1. The van der Waals surface area contributed by atoms with E-state index in [1.54, 1.807) is 23.1 Å². The Morgan fingerprint density at radius 1 is 1.12 bits per heavy atom. The number of urea groups is 1. The lowest BCUT2D eigenvalue weighted by Gasteiger charge is -2.23. The van der Waals surface area contributed by atoms with Crippen molar-refractivity contribution < 1.29 is 9.59 Å². The van der Waals surface area contributed by atoms with Crippen LogP contribution < -0.4 is 15.5 Å². The number of carbonyl (C=O) groups is 2. The SMILES string of the molecule is Cl.O=C(c1cc(N2CCNC2=O)ccc1Cl)N1CC[C@@H]2CNC[C@@H]2CC1. The van der Waals surface area contributed by atoms with Gasteiger partial charge in [0, 0.05) is 31.9 Å². The minimum atomic E-state index is -0.129. The van der Waals surface area contributed by atoms with E-state index in [-0.39, 0.29) is 24.3 Å². The maximum atomic E-state index is 13.0. The zero-order valence-corrected chi connectivity index (χ0v) is 16.1. The highest BCUT2D eigenvalue weighted by Gasteiger charge is 2.32. The summed E-state index contributed by atoms with van der Waals surface area (Å²) < 4.78 is 0. The van der Waals surface area contributed by atoms with E-state index >= 15 is 0 Å². The Balaban J connectivity index is 0.00000196. The average Bonchev–Trinajstić information content (AvgIpc) is 3.19. The normalized spacial score (nSPS) is 25.3. The van der Waals surface area contributed by atoms with Crippen molar-refractivity contribution in [2.45, 2.75) is 12.8 Å². The molecule has 142 valence electrons. The standard InChI is InChI=1S/C18H23ClN4O2.ClH/c19-16-2-1-14(23-8-5-21-18(23)25)9-15(16)17(24)22-6-3-12-10-20-11-13(12)4-7-22;/h1-2,9,12-13,20H,3-8,10-11H2,(H,21,25);1H/t12-,13+;. The third kappa shape index (κ3) is 3.63. The number of amides is 3. The van der Waals surface area contributed by atoms with E-state index in [0.29, 0.717) is 35.5 Å². The Morgan fingerprint density at radius 3 is 2.42 bits per heavy atom. The first-order valence-corrected chi connectivity index (χ1v) is 9.36. The van der Waals surface area contributed by atoms with Gasteiger partial charge in [-0.1, -0.05) is 11.6 Å². The van der Waals surface area contributed by atoms with Crippen LogP contribution in [0.3, 0.4) is 0 Å². The van der Waals surface area contributed by atoms with Gasteiger partial charge in [-0.15, -0.1) is 12.4 Å².